The van der Waals surface area contributed by atoms with E-state index in [1.807, 2.05) is 13.8 Å². The Morgan fingerprint density at radius 2 is 1.75 bits per heavy atom. The molecule has 2 unspecified atom stereocenters. The van der Waals surface area contributed by atoms with Gasteiger partial charge in [-0.3, -0.25) is 0 Å². The molecule has 0 bridgehead atoms. The van der Waals surface area contributed by atoms with Crippen molar-refractivity contribution in [2.75, 3.05) is 18.8 Å². The number of nitrogens with zero attached hydrogens (tertiary/aromatic N) is 1. The van der Waals surface area contributed by atoms with Gasteiger partial charge in [0.2, 0.25) is 10.0 Å². The number of halogens is 2. The van der Waals surface area contributed by atoms with Crippen molar-refractivity contribution in [1.29, 1.82) is 0 Å². The fourth-order valence-electron chi connectivity index (χ4n) is 2.71. The Kier molecular flexibility index (Phi) is 4.02. The molecule has 0 spiro atoms. The van der Waals surface area contributed by atoms with Crippen LogP contribution in [0.3, 0.4) is 0 Å². The van der Waals surface area contributed by atoms with Crippen LogP contribution in [0.15, 0.2) is 17.0 Å². The Hall–Kier alpha value is -1.21. The molecule has 1 aromatic rings. The molecule has 1 aromatic carbocycles. The van der Waals surface area contributed by atoms with Crippen LogP contribution in [-0.4, -0.2) is 25.8 Å². The third-order valence-corrected chi connectivity index (χ3v) is 5.30. The SMILES string of the molecule is CC1CC(C)CN(S(=O)(=O)c2cc(N)cc(F)c2F)C1. The van der Waals surface area contributed by atoms with Gasteiger partial charge >= 0.3 is 0 Å². The quantitative estimate of drug-likeness (QED) is 0.852. The van der Waals surface area contributed by atoms with Crippen molar-refractivity contribution in [3.8, 4) is 0 Å². The molecule has 1 fully saturated rings. The van der Waals surface area contributed by atoms with Crippen molar-refractivity contribution in [3.05, 3.63) is 23.8 Å². The van der Waals surface area contributed by atoms with Gasteiger partial charge in [0.25, 0.3) is 0 Å². The highest BCUT2D eigenvalue weighted by molar-refractivity contribution is 7.89. The highest BCUT2D eigenvalue weighted by Gasteiger charge is 2.34. The molecule has 1 saturated heterocycles. The van der Waals surface area contributed by atoms with E-state index in [4.69, 9.17) is 5.73 Å². The van der Waals surface area contributed by atoms with Crippen molar-refractivity contribution in [1.82, 2.24) is 4.31 Å². The molecule has 20 heavy (non-hydrogen) atoms. The van der Waals surface area contributed by atoms with E-state index < -0.39 is 26.6 Å². The molecule has 0 saturated carbocycles. The molecule has 1 aliphatic heterocycles. The van der Waals surface area contributed by atoms with Gasteiger partial charge in [0.05, 0.1) is 0 Å². The molecule has 2 atom stereocenters. The molecule has 7 heteroatoms. The van der Waals surface area contributed by atoms with Crippen LogP contribution in [0.2, 0.25) is 0 Å². The van der Waals surface area contributed by atoms with Gasteiger partial charge in [0.15, 0.2) is 11.6 Å². The first-order valence-corrected chi connectivity index (χ1v) is 7.90. The number of nitrogens with two attached hydrogens (primary N) is 1. The Labute approximate surface area is 117 Å². The number of piperidine rings is 1. The molecule has 2 rings (SSSR count). The number of nitrogen functional groups attached to an aromatic ring is 1. The largest absolute Gasteiger partial charge is 0.399 e. The Bertz CT molecular complexity index is 609. The predicted molar refractivity (Wildman–Crippen MR) is 72.5 cm³/mol. The first kappa shape index (κ1) is 15.2. The van der Waals surface area contributed by atoms with Crippen molar-refractivity contribution < 1.29 is 17.2 Å². The molecule has 112 valence electrons. The van der Waals surface area contributed by atoms with E-state index in [1.165, 1.54) is 4.31 Å². The van der Waals surface area contributed by atoms with Gasteiger partial charge in [-0.15, -0.1) is 0 Å². The molecule has 1 heterocycles. The third-order valence-electron chi connectivity index (χ3n) is 3.47. The van der Waals surface area contributed by atoms with E-state index >= 15 is 0 Å². The number of hydrogen-bond acceptors (Lipinski definition) is 3. The Balaban J connectivity index is 2.45. The van der Waals surface area contributed by atoms with Gasteiger partial charge < -0.3 is 5.73 Å². The summed E-state index contributed by atoms with van der Waals surface area (Å²) in [5.74, 6) is -2.25. The summed E-state index contributed by atoms with van der Waals surface area (Å²) in [6.07, 6.45) is 0.916. The van der Waals surface area contributed by atoms with E-state index in [2.05, 4.69) is 0 Å². The van der Waals surface area contributed by atoms with Crippen LogP contribution in [0.1, 0.15) is 20.3 Å². The van der Waals surface area contributed by atoms with Gasteiger partial charge in [-0.2, -0.15) is 4.31 Å². The van der Waals surface area contributed by atoms with Crippen LogP contribution in [0.4, 0.5) is 14.5 Å². The van der Waals surface area contributed by atoms with Gasteiger partial charge in [-0.1, -0.05) is 13.8 Å². The molecule has 1 aliphatic rings. The number of rotatable bonds is 2. The molecular weight excluding hydrogens is 286 g/mol. The summed E-state index contributed by atoms with van der Waals surface area (Å²) in [5, 5.41) is 0. The molecule has 0 aromatic heterocycles. The lowest BCUT2D eigenvalue weighted by Crippen LogP contribution is -2.42. The number of anilines is 1. The van der Waals surface area contributed by atoms with E-state index in [0.717, 1.165) is 18.6 Å². The lowest BCUT2D eigenvalue weighted by atomic mass is 9.94. The molecule has 0 amide bonds. The van der Waals surface area contributed by atoms with E-state index in [1.54, 1.807) is 0 Å². The smallest absolute Gasteiger partial charge is 0.246 e. The number of sulfonamides is 1. The summed E-state index contributed by atoms with van der Waals surface area (Å²) >= 11 is 0. The second-order valence-corrected chi connectivity index (χ2v) is 7.49. The summed E-state index contributed by atoms with van der Waals surface area (Å²) in [5.41, 5.74) is 5.31. The second-order valence-electron chi connectivity index (χ2n) is 5.58. The minimum Gasteiger partial charge on any atom is -0.399 e. The Morgan fingerprint density at radius 3 is 2.30 bits per heavy atom. The minimum absolute atomic E-state index is 0.111. The van der Waals surface area contributed by atoms with Crippen LogP contribution in [-0.2, 0) is 10.0 Å². The molecule has 4 nitrogen and oxygen atoms in total. The maximum absolute atomic E-state index is 13.8. The maximum atomic E-state index is 13.8. The van der Waals surface area contributed by atoms with Gasteiger partial charge in [0, 0.05) is 18.8 Å². The summed E-state index contributed by atoms with van der Waals surface area (Å²) in [6, 6.07) is 1.74. The van der Waals surface area contributed by atoms with Crippen molar-refractivity contribution >= 4 is 15.7 Å². The molecule has 0 radical (unpaired) electrons. The minimum atomic E-state index is -4.07. The average Bonchev–Trinajstić information content (AvgIpc) is 2.32. The topological polar surface area (TPSA) is 63.4 Å². The average molecular weight is 304 g/mol. The maximum Gasteiger partial charge on any atom is 0.246 e. The number of benzene rings is 1. The highest BCUT2D eigenvalue weighted by Crippen LogP contribution is 2.29. The van der Waals surface area contributed by atoms with E-state index in [0.29, 0.717) is 13.1 Å². The van der Waals surface area contributed by atoms with Gasteiger partial charge in [0.1, 0.15) is 4.90 Å². The van der Waals surface area contributed by atoms with Gasteiger partial charge in [-0.25, -0.2) is 17.2 Å². The summed E-state index contributed by atoms with van der Waals surface area (Å²) in [4.78, 5) is -0.684. The van der Waals surface area contributed by atoms with Crippen molar-refractivity contribution in [3.63, 3.8) is 0 Å². The first-order valence-electron chi connectivity index (χ1n) is 6.46. The van der Waals surface area contributed by atoms with Crippen LogP contribution >= 0.6 is 0 Å². The standard InChI is InChI=1S/C13H18F2N2O2S/c1-8-3-9(2)7-17(6-8)20(18,19)12-5-10(16)4-11(14)13(12)15/h4-5,8-9H,3,6-7,16H2,1-2H3. The zero-order valence-electron chi connectivity index (χ0n) is 11.4. The molecular formula is C13H18F2N2O2S. The summed E-state index contributed by atoms with van der Waals surface area (Å²) in [6.45, 7) is 4.49. The van der Waals surface area contributed by atoms with Crippen LogP contribution in [0, 0.1) is 23.5 Å². The fourth-order valence-corrected chi connectivity index (χ4v) is 4.50. The number of hydrogen-bond donors (Lipinski definition) is 1. The lowest BCUT2D eigenvalue weighted by Gasteiger charge is -2.34. The van der Waals surface area contributed by atoms with Crippen LogP contribution in [0.25, 0.3) is 0 Å². The zero-order chi connectivity index (χ0) is 15.1. The third kappa shape index (κ3) is 2.78. The normalized spacial score (nSPS) is 24.8. The Morgan fingerprint density at radius 1 is 1.20 bits per heavy atom. The monoisotopic (exact) mass is 304 g/mol. The molecule has 0 aliphatic carbocycles. The molecule has 2 N–H and O–H groups in total. The highest BCUT2D eigenvalue weighted by atomic mass is 32.2. The van der Waals surface area contributed by atoms with E-state index in [9.17, 15) is 17.2 Å². The summed E-state index contributed by atoms with van der Waals surface area (Å²) < 4.78 is 53.3. The first-order chi connectivity index (χ1) is 9.21. The van der Waals surface area contributed by atoms with E-state index in [-0.39, 0.29) is 17.5 Å². The van der Waals surface area contributed by atoms with Crippen molar-refractivity contribution in [2.45, 2.75) is 25.2 Å². The zero-order valence-corrected chi connectivity index (χ0v) is 12.3. The van der Waals surface area contributed by atoms with Gasteiger partial charge in [-0.05, 0) is 30.4 Å². The van der Waals surface area contributed by atoms with Crippen LogP contribution < -0.4 is 5.73 Å². The lowest BCUT2D eigenvalue weighted by molar-refractivity contribution is 0.222. The van der Waals surface area contributed by atoms with Crippen LogP contribution in [0.5, 0.6) is 0 Å². The predicted octanol–water partition coefficient (Wildman–Crippen LogP) is 2.21. The second kappa shape index (κ2) is 5.29. The van der Waals surface area contributed by atoms with Crippen molar-refractivity contribution in [2.24, 2.45) is 11.8 Å². The summed E-state index contributed by atoms with van der Waals surface area (Å²) in [7, 11) is -4.07. The fraction of sp³-hybridized carbons (Fsp3) is 0.538.